The van der Waals surface area contributed by atoms with Gasteiger partial charge < -0.3 is 5.32 Å². The summed E-state index contributed by atoms with van der Waals surface area (Å²) < 4.78 is 0. The summed E-state index contributed by atoms with van der Waals surface area (Å²) in [6.07, 6.45) is 5.32. The molecular formula is C18H24N2. The van der Waals surface area contributed by atoms with E-state index in [4.69, 9.17) is 0 Å². The number of hydrogen-bond donors (Lipinski definition) is 1. The molecule has 1 N–H and O–H groups in total. The zero-order valence-electron chi connectivity index (χ0n) is 12.7. The number of hydrogen-bond acceptors (Lipinski definition) is 2. The molecule has 0 fully saturated rings. The van der Waals surface area contributed by atoms with Crippen LogP contribution in [-0.4, -0.2) is 18.1 Å². The third-order valence-corrected chi connectivity index (χ3v) is 3.48. The predicted octanol–water partition coefficient (Wildman–Crippen LogP) is 4.27. The highest BCUT2D eigenvalue weighted by molar-refractivity contribution is 5.81. The van der Waals surface area contributed by atoms with Crippen LogP contribution in [0.1, 0.15) is 32.8 Å². The van der Waals surface area contributed by atoms with Crippen molar-refractivity contribution in [2.45, 2.75) is 27.2 Å². The number of rotatable bonds is 6. The summed E-state index contributed by atoms with van der Waals surface area (Å²) in [7, 11) is 0. The molecule has 106 valence electrons. The van der Waals surface area contributed by atoms with E-state index in [1.807, 2.05) is 12.3 Å². The number of nitrogens with one attached hydrogen (secondary N) is 1. The van der Waals surface area contributed by atoms with Crippen LogP contribution in [0.3, 0.4) is 0 Å². The van der Waals surface area contributed by atoms with Crippen molar-refractivity contribution in [2.24, 2.45) is 5.92 Å². The average Bonchev–Trinajstić information content (AvgIpc) is 2.46. The molecule has 0 spiro atoms. The van der Waals surface area contributed by atoms with E-state index in [0.717, 1.165) is 18.6 Å². The molecule has 1 aromatic heterocycles. The Hall–Kier alpha value is -1.67. The third kappa shape index (κ3) is 3.91. The smallest absolute Gasteiger partial charge is 0.0702 e. The largest absolute Gasteiger partial charge is 0.313 e. The van der Waals surface area contributed by atoms with E-state index >= 15 is 0 Å². The van der Waals surface area contributed by atoms with E-state index in [0.29, 0.717) is 5.92 Å². The molecule has 0 aliphatic rings. The van der Waals surface area contributed by atoms with Crippen LogP contribution in [0.25, 0.3) is 17.0 Å². The van der Waals surface area contributed by atoms with Crippen LogP contribution in [0.15, 0.2) is 42.1 Å². The normalized spacial score (nSPS) is 12.3. The minimum absolute atomic E-state index is 0.559. The molecule has 1 aromatic carbocycles. The van der Waals surface area contributed by atoms with Crippen molar-refractivity contribution in [1.82, 2.24) is 10.3 Å². The van der Waals surface area contributed by atoms with Crippen LogP contribution in [0, 0.1) is 5.92 Å². The Bertz CT molecular complexity index is 585. The molecule has 2 rings (SSSR count). The first-order valence-corrected chi connectivity index (χ1v) is 7.46. The van der Waals surface area contributed by atoms with Crippen LogP contribution in [-0.2, 0) is 0 Å². The fourth-order valence-electron chi connectivity index (χ4n) is 2.23. The minimum atomic E-state index is 0.559. The maximum absolute atomic E-state index is 4.36. The first kappa shape index (κ1) is 14.7. The number of pyridine rings is 1. The summed E-state index contributed by atoms with van der Waals surface area (Å²) in [5.74, 6) is 0.559. The number of aromatic nitrogens is 1. The summed E-state index contributed by atoms with van der Waals surface area (Å²) >= 11 is 0. The standard InChI is InChI=1S/C18H24N2/c1-4-9-19-13-17(14(2)3)12-15-7-8-18-16(11-15)6-5-10-20-18/h5-8,10-12,14,19H,4,9,13H2,1-3H3. The molecule has 0 radical (unpaired) electrons. The van der Waals surface area contributed by atoms with Crippen LogP contribution in [0.5, 0.6) is 0 Å². The van der Waals surface area contributed by atoms with Crippen LogP contribution in [0.2, 0.25) is 0 Å². The van der Waals surface area contributed by atoms with Gasteiger partial charge in [-0.1, -0.05) is 44.6 Å². The summed E-state index contributed by atoms with van der Waals surface area (Å²) in [4.78, 5) is 4.36. The minimum Gasteiger partial charge on any atom is -0.313 e. The lowest BCUT2D eigenvalue weighted by Gasteiger charge is -2.13. The number of fused-ring (bicyclic) bond motifs is 1. The van der Waals surface area contributed by atoms with Gasteiger partial charge in [0.2, 0.25) is 0 Å². The van der Waals surface area contributed by atoms with Gasteiger partial charge in [0, 0.05) is 18.1 Å². The Kier molecular flexibility index (Phi) is 5.31. The van der Waals surface area contributed by atoms with Gasteiger partial charge in [0.1, 0.15) is 0 Å². The van der Waals surface area contributed by atoms with Crippen molar-refractivity contribution < 1.29 is 0 Å². The van der Waals surface area contributed by atoms with Gasteiger partial charge in [-0.05, 0) is 42.6 Å². The molecule has 0 aliphatic heterocycles. The first-order chi connectivity index (χ1) is 9.70. The highest BCUT2D eigenvalue weighted by Crippen LogP contribution is 2.18. The predicted molar refractivity (Wildman–Crippen MR) is 87.7 cm³/mol. The van der Waals surface area contributed by atoms with Gasteiger partial charge in [-0.25, -0.2) is 0 Å². The molecular weight excluding hydrogens is 244 g/mol. The molecule has 20 heavy (non-hydrogen) atoms. The molecule has 1 heterocycles. The molecule has 2 nitrogen and oxygen atoms in total. The van der Waals surface area contributed by atoms with Crippen molar-refractivity contribution >= 4 is 17.0 Å². The van der Waals surface area contributed by atoms with Crippen LogP contribution >= 0.6 is 0 Å². The van der Waals surface area contributed by atoms with Gasteiger partial charge in [-0.2, -0.15) is 0 Å². The molecule has 0 aliphatic carbocycles. The maximum atomic E-state index is 4.36. The molecule has 0 amide bonds. The SMILES string of the molecule is CCCNCC(=Cc1ccc2ncccc2c1)C(C)C. The van der Waals surface area contributed by atoms with Crippen molar-refractivity contribution in [2.75, 3.05) is 13.1 Å². The Morgan fingerprint density at radius 3 is 2.90 bits per heavy atom. The first-order valence-electron chi connectivity index (χ1n) is 7.46. The molecule has 2 heteroatoms. The van der Waals surface area contributed by atoms with E-state index in [1.165, 1.54) is 22.9 Å². The maximum Gasteiger partial charge on any atom is 0.0702 e. The lowest BCUT2D eigenvalue weighted by molar-refractivity contribution is 0.657. The second-order valence-corrected chi connectivity index (χ2v) is 5.51. The lowest BCUT2D eigenvalue weighted by atomic mass is 9.99. The Morgan fingerprint density at radius 1 is 1.30 bits per heavy atom. The second kappa shape index (κ2) is 7.20. The third-order valence-electron chi connectivity index (χ3n) is 3.48. The van der Waals surface area contributed by atoms with Crippen molar-refractivity contribution in [3.8, 4) is 0 Å². The second-order valence-electron chi connectivity index (χ2n) is 5.51. The molecule has 0 bridgehead atoms. The number of benzene rings is 1. The Balaban J connectivity index is 2.23. The lowest BCUT2D eigenvalue weighted by Crippen LogP contribution is -2.19. The van der Waals surface area contributed by atoms with Gasteiger partial charge in [-0.15, -0.1) is 0 Å². The van der Waals surface area contributed by atoms with E-state index in [2.05, 4.69) is 61.4 Å². The Labute approximate surface area is 121 Å². The Morgan fingerprint density at radius 2 is 2.15 bits per heavy atom. The molecule has 0 saturated carbocycles. The summed E-state index contributed by atoms with van der Waals surface area (Å²) in [6.45, 7) is 8.74. The van der Waals surface area contributed by atoms with Gasteiger partial charge in [0.25, 0.3) is 0 Å². The monoisotopic (exact) mass is 268 g/mol. The van der Waals surface area contributed by atoms with Gasteiger partial charge in [0.05, 0.1) is 5.52 Å². The average molecular weight is 268 g/mol. The van der Waals surface area contributed by atoms with Crippen LogP contribution in [0.4, 0.5) is 0 Å². The molecule has 2 aromatic rings. The highest BCUT2D eigenvalue weighted by atomic mass is 14.8. The van der Waals surface area contributed by atoms with Crippen molar-refractivity contribution in [3.63, 3.8) is 0 Å². The molecule has 0 unspecified atom stereocenters. The summed E-state index contributed by atoms with van der Waals surface area (Å²) in [5.41, 5.74) is 3.76. The molecule has 0 saturated heterocycles. The van der Waals surface area contributed by atoms with Crippen molar-refractivity contribution in [3.05, 3.63) is 47.7 Å². The van der Waals surface area contributed by atoms with E-state index in [1.54, 1.807) is 0 Å². The van der Waals surface area contributed by atoms with Gasteiger partial charge >= 0.3 is 0 Å². The van der Waals surface area contributed by atoms with Gasteiger partial charge in [0.15, 0.2) is 0 Å². The summed E-state index contributed by atoms with van der Waals surface area (Å²) in [6, 6.07) is 10.6. The zero-order chi connectivity index (χ0) is 14.4. The van der Waals surface area contributed by atoms with Gasteiger partial charge in [-0.3, -0.25) is 4.98 Å². The zero-order valence-corrected chi connectivity index (χ0v) is 12.7. The van der Waals surface area contributed by atoms with E-state index in [9.17, 15) is 0 Å². The number of nitrogens with zero attached hydrogens (tertiary/aromatic N) is 1. The van der Waals surface area contributed by atoms with E-state index < -0.39 is 0 Å². The van der Waals surface area contributed by atoms with E-state index in [-0.39, 0.29) is 0 Å². The highest BCUT2D eigenvalue weighted by Gasteiger charge is 2.03. The summed E-state index contributed by atoms with van der Waals surface area (Å²) in [5, 5.41) is 4.69. The fraction of sp³-hybridized carbons (Fsp3) is 0.389. The topological polar surface area (TPSA) is 24.9 Å². The van der Waals surface area contributed by atoms with Crippen LogP contribution < -0.4 is 5.32 Å². The fourth-order valence-corrected chi connectivity index (χ4v) is 2.23. The van der Waals surface area contributed by atoms with Crippen molar-refractivity contribution in [1.29, 1.82) is 0 Å². The quantitative estimate of drug-likeness (QED) is 0.791. The molecule has 0 atom stereocenters.